The van der Waals surface area contributed by atoms with E-state index in [4.69, 9.17) is 21.3 Å². The first kappa shape index (κ1) is 22.5. The minimum absolute atomic E-state index is 0.00926. The van der Waals surface area contributed by atoms with Gasteiger partial charge in [-0.1, -0.05) is 35.9 Å². The van der Waals surface area contributed by atoms with Gasteiger partial charge in [-0.3, -0.25) is 14.8 Å². The number of fused-ring (bicyclic) bond motifs is 1. The first-order valence-electron chi connectivity index (χ1n) is 11.4. The number of aromatic nitrogens is 4. The van der Waals surface area contributed by atoms with Gasteiger partial charge in [0.25, 0.3) is 0 Å². The minimum Gasteiger partial charge on any atom is -0.364 e. The van der Waals surface area contributed by atoms with Crippen molar-refractivity contribution in [3.8, 4) is 0 Å². The summed E-state index contributed by atoms with van der Waals surface area (Å²) in [7, 11) is 1.96. The second kappa shape index (κ2) is 9.91. The molecule has 4 aromatic rings. The molecular formula is C26H26ClN5O2. The Morgan fingerprint density at radius 1 is 1.15 bits per heavy atom. The number of amides is 1. The molecule has 0 bridgehead atoms. The van der Waals surface area contributed by atoms with Crippen LogP contribution < -0.4 is 0 Å². The normalized spacial score (nSPS) is 15.8. The van der Waals surface area contributed by atoms with Gasteiger partial charge in [-0.15, -0.1) is 0 Å². The summed E-state index contributed by atoms with van der Waals surface area (Å²) in [6.45, 7) is 0.985. The van der Waals surface area contributed by atoms with Crippen molar-refractivity contribution in [2.45, 2.75) is 31.9 Å². The van der Waals surface area contributed by atoms with Gasteiger partial charge in [0, 0.05) is 31.2 Å². The van der Waals surface area contributed by atoms with Crippen LogP contribution in [0.2, 0.25) is 5.02 Å². The van der Waals surface area contributed by atoms with Crippen molar-refractivity contribution in [2.75, 3.05) is 13.2 Å². The van der Waals surface area contributed by atoms with Crippen molar-refractivity contribution in [2.24, 2.45) is 7.05 Å². The van der Waals surface area contributed by atoms with Crippen LogP contribution in [0.15, 0.2) is 60.9 Å². The van der Waals surface area contributed by atoms with E-state index in [9.17, 15) is 4.79 Å². The molecule has 1 fully saturated rings. The number of hydrogen-bond donors (Lipinski definition) is 0. The van der Waals surface area contributed by atoms with Crippen LogP contribution in [0.3, 0.4) is 0 Å². The fraction of sp³-hybridized carbons (Fsp3) is 0.308. The number of aryl methyl sites for hydroxylation is 1. The molecule has 1 amide bonds. The maximum atomic E-state index is 13.0. The number of carbonyl (C=O) groups is 1. The Hall–Kier alpha value is -3.29. The van der Waals surface area contributed by atoms with Crippen LogP contribution in [0, 0.1) is 0 Å². The molecule has 5 rings (SSSR count). The first-order chi connectivity index (χ1) is 16.6. The third-order valence-corrected chi connectivity index (χ3v) is 6.46. The molecule has 1 saturated heterocycles. The number of para-hydroxylation sites is 2. The fourth-order valence-electron chi connectivity index (χ4n) is 4.53. The van der Waals surface area contributed by atoms with Crippen LogP contribution in [-0.2, 0) is 29.6 Å². The third kappa shape index (κ3) is 4.81. The Morgan fingerprint density at radius 3 is 2.88 bits per heavy atom. The van der Waals surface area contributed by atoms with E-state index in [1.165, 1.54) is 0 Å². The van der Waals surface area contributed by atoms with Gasteiger partial charge in [-0.2, -0.15) is 0 Å². The molecule has 34 heavy (non-hydrogen) atoms. The van der Waals surface area contributed by atoms with Gasteiger partial charge in [0.2, 0.25) is 5.91 Å². The Labute approximate surface area is 203 Å². The highest BCUT2D eigenvalue weighted by atomic mass is 35.5. The summed E-state index contributed by atoms with van der Waals surface area (Å²) in [5, 5.41) is 0.702. The number of ether oxygens (including phenoxy) is 1. The molecule has 1 aliphatic rings. The zero-order valence-corrected chi connectivity index (χ0v) is 19.8. The summed E-state index contributed by atoms with van der Waals surface area (Å²) in [4.78, 5) is 28.7. The van der Waals surface area contributed by atoms with E-state index < -0.39 is 0 Å². The second-order valence-electron chi connectivity index (χ2n) is 8.56. The number of rotatable bonds is 7. The fourth-order valence-corrected chi connectivity index (χ4v) is 4.75. The number of imidazole rings is 1. The predicted octanol–water partition coefficient (Wildman–Crippen LogP) is 4.49. The summed E-state index contributed by atoms with van der Waals surface area (Å²) in [6.07, 6.45) is 5.97. The number of carbonyl (C=O) groups excluding carboxylic acids is 1. The number of likely N-dealkylation sites (tertiary alicyclic amines) is 1. The van der Waals surface area contributed by atoms with E-state index in [-0.39, 0.29) is 25.2 Å². The molecule has 0 saturated carbocycles. The molecule has 174 valence electrons. The number of nitrogens with zero attached hydrogens (tertiary/aromatic N) is 5. The van der Waals surface area contributed by atoms with Crippen molar-refractivity contribution in [1.29, 1.82) is 0 Å². The van der Waals surface area contributed by atoms with Crippen molar-refractivity contribution in [1.82, 2.24) is 24.4 Å². The maximum absolute atomic E-state index is 13.0. The summed E-state index contributed by atoms with van der Waals surface area (Å²) in [5.74, 6) is 0.759. The Balaban J connectivity index is 1.23. The lowest BCUT2D eigenvalue weighted by atomic mass is 10.1. The smallest absolute Gasteiger partial charge is 0.249 e. The van der Waals surface area contributed by atoms with Crippen LogP contribution >= 0.6 is 11.6 Å². The van der Waals surface area contributed by atoms with Crippen molar-refractivity contribution in [3.63, 3.8) is 0 Å². The van der Waals surface area contributed by atoms with E-state index in [1.807, 2.05) is 65.0 Å². The molecule has 8 heteroatoms. The summed E-state index contributed by atoms with van der Waals surface area (Å²) >= 11 is 6.11. The Morgan fingerprint density at radius 2 is 2.03 bits per heavy atom. The number of hydrogen-bond acceptors (Lipinski definition) is 5. The van der Waals surface area contributed by atoms with Crippen LogP contribution in [0.4, 0.5) is 0 Å². The summed E-state index contributed by atoms with van der Waals surface area (Å²) in [5.41, 5.74) is 4.72. The average Bonchev–Trinajstić information content (AvgIpc) is 3.45. The van der Waals surface area contributed by atoms with Gasteiger partial charge in [0.15, 0.2) is 0 Å². The zero-order valence-electron chi connectivity index (χ0n) is 19.0. The number of halogens is 1. The molecule has 1 atom stereocenters. The van der Waals surface area contributed by atoms with Crippen molar-refractivity contribution >= 4 is 28.5 Å². The van der Waals surface area contributed by atoms with Gasteiger partial charge in [-0.05, 0) is 42.7 Å². The molecular weight excluding hydrogens is 450 g/mol. The van der Waals surface area contributed by atoms with Gasteiger partial charge < -0.3 is 14.2 Å². The van der Waals surface area contributed by atoms with E-state index in [1.54, 1.807) is 12.4 Å². The lowest BCUT2D eigenvalue weighted by Crippen LogP contribution is -2.34. The standard InChI is InChI=1S/C26H26ClN5O2/c1-31-23-9-3-2-8-21(23)30-25(31)16-34-17-26(33)32-11-5-10-24(32)22-15-28-14-20(29-22)13-18-6-4-7-19(27)12-18/h2-4,6-9,12,14-15,24H,5,10-11,13,16-17H2,1H3. The highest BCUT2D eigenvalue weighted by Gasteiger charge is 2.31. The van der Waals surface area contributed by atoms with Crippen molar-refractivity contribution < 1.29 is 9.53 Å². The summed E-state index contributed by atoms with van der Waals surface area (Å²) < 4.78 is 7.78. The number of benzene rings is 2. The molecule has 2 aromatic heterocycles. The summed E-state index contributed by atoms with van der Waals surface area (Å²) in [6, 6.07) is 15.6. The molecule has 0 N–H and O–H groups in total. The van der Waals surface area contributed by atoms with Gasteiger partial charge in [-0.25, -0.2) is 4.98 Å². The molecule has 0 spiro atoms. The third-order valence-electron chi connectivity index (χ3n) is 6.23. The molecule has 0 aliphatic carbocycles. The van der Waals surface area contributed by atoms with Crippen LogP contribution in [0.1, 0.15) is 41.7 Å². The van der Waals surface area contributed by atoms with E-state index in [0.717, 1.165) is 46.7 Å². The molecule has 3 heterocycles. The topological polar surface area (TPSA) is 73.1 Å². The molecule has 0 radical (unpaired) electrons. The quantitative estimate of drug-likeness (QED) is 0.394. The molecule has 1 aliphatic heterocycles. The minimum atomic E-state index is -0.0846. The Bertz CT molecular complexity index is 1320. The first-order valence-corrected chi connectivity index (χ1v) is 11.8. The van der Waals surface area contributed by atoms with Gasteiger partial charge in [0.05, 0.1) is 34.7 Å². The van der Waals surface area contributed by atoms with E-state index in [0.29, 0.717) is 18.0 Å². The largest absolute Gasteiger partial charge is 0.364 e. The maximum Gasteiger partial charge on any atom is 0.249 e. The van der Waals surface area contributed by atoms with Crippen molar-refractivity contribution in [3.05, 3.63) is 88.7 Å². The van der Waals surface area contributed by atoms with Crippen LogP contribution in [0.25, 0.3) is 11.0 Å². The highest BCUT2D eigenvalue weighted by Crippen LogP contribution is 2.31. The van der Waals surface area contributed by atoms with Gasteiger partial charge >= 0.3 is 0 Å². The van der Waals surface area contributed by atoms with Crippen LogP contribution in [0.5, 0.6) is 0 Å². The van der Waals surface area contributed by atoms with E-state index in [2.05, 4.69) is 9.97 Å². The lowest BCUT2D eigenvalue weighted by molar-refractivity contribution is -0.137. The molecule has 1 unspecified atom stereocenters. The second-order valence-corrected chi connectivity index (χ2v) is 8.99. The SMILES string of the molecule is Cn1c(COCC(=O)N2CCCC2c2cncc(Cc3cccc(Cl)c3)n2)nc2ccccc21. The monoisotopic (exact) mass is 475 g/mol. The van der Waals surface area contributed by atoms with Gasteiger partial charge in [0.1, 0.15) is 19.0 Å². The predicted molar refractivity (Wildman–Crippen MR) is 130 cm³/mol. The molecule has 2 aromatic carbocycles. The lowest BCUT2D eigenvalue weighted by Gasteiger charge is -2.24. The highest BCUT2D eigenvalue weighted by molar-refractivity contribution is 6.30. The van der Waals surface area contributed by atoms with E-state index >= 15 is 0 Å². The van der Waals surface area contributed by atoms with Crippen LogP contribution in [-0.4, -0.2) is 43.5 Å². The Kier molecular flexibility index (Phi) is 6.56. The molecule has 7 nitrogen and oxygen atoms in total. The average molecular weight is 476 g/mol. The zero-order chi connectivity index (χ0) is 23.5.